The summed E-state index contributed by atoms with van der Waals surface area (Å²) >= 11 is 0. The van der Waals surface area contributed by atoms with Crippen molar-refractivity contribution in [2.75, 3.05) is 0 Å². The molecule has 16 nitrogen and oxygen atoms in total. The third-order valence-corrected chi connectivity index (χ3v) is 23.0. The van der Waals surface area contributed by atoms with Gasteiger partial charge in [0, 0.05) is 26.7 Å². The first-order valence-corrected chi connectivity index (χ1v) is 37.7. The van der Waals surface area contributed by atoms with Gasteiger partial charge in [-0.2, -0.15) is 0 Å². The highest BCUT2D eigenvalue weighted by atomic mass is 16.8. The molecule has 16 heteroatoms. The molecule has 0 amide bonds. The molecule has 8 heterocycles. The molecule has 0 aromatic heterocycles. The highest BCUT2D eigenvalue weighted by Gasteiger charge is 2.57. The summed E-state index contributed by atoms with van der Waals surface area (Å²) in [6.45, 7) is 32.1. The minimum Gasteiger partial charge on any atom is -0.449 e. The van der Waals surface area contributed by atoms with Crippen LogP contribution in [0.1, 0.15) is 284 Å². The summed E-state index contributed by atoms with van der Waals surface area (Å²) in [6, 6.07) is 7.68. The lowest BCUT2D eigenvalue weighted by molar-refractivity contribution is -0.310. The van der Waals surface area contributed by atoms with Crippen molar-refractivity contribution in [3.8, 4) is 11.5 Å². The van der Waals surface area contributed by atoms with Crippen LogP contribution in [0, 0.1) is 35.5 Å². The molecular weight excluding hydrogens is 1180 g/mol. The largest absolute Gasteiger partial charge is 0.449 e. The highest BCUT2D eigenvalue weighted by molar-refractivity contribution is 5.42. The lowest BCUT2D eigenvalue weighted by Gasteiger charge is -2.43. The van der Waals surface area contributed by atoms with Crippen LogP contribution in [0.3, 0.4) is 0 Å². The van der Waals surface area contributed by atoms with Crippen LogP contribution in [0.5, 0.6) is 11.5 Å². The molecule has 8 bridgehead atoms. The molecule has 18 atom stereocenters. The van der Waals surface area contributed by atoms with E-state index in [-0.39, 0.29) is 40.5 Å². The second kappa shape index (κ2) is 28.4. The number of fused-ring (bicyclic) bond motifs is 16. The Morgan fingerprint density at radius 3 is 0.882 bits per heavy atom. The highest BCUT2D eigenvalue weighted by Crippen LogP contribution is 2.54. The van der Waals surface area contributed by atoms with Crippen LogP contribution in [0.15, 0.2) is 24.3 Å². The minimum absolute atomic E-state index is 0.309. The SMILES string of the molecule is CC1(C)OC2C3CCC(C3)C2O1.CC1(C)OC2C3CCC(CC3)C2O1.CC1(C)OC2CC3CCCCC3CC2O1.CC1(C)OC2CCC(C2)O1.CC1(C)OC2CCCC(C2)O1.CC1(C)OC2CCCC2O1.CC1(C)OC2CCCCC2O1.CC1(C)Oc2ccccc2O1. The number of ether oxygens (including phenoxy) is 16. The molecule has 530 valence electrons. The summed E-state index contributed by atoms with van der Waals surface area (Å²) in [4.78, 5) is 0. The van der Waals surface area contributed by atoms with Crippen LogP contribution in [0.2, 0.25) is 0 Å². The molecule has 19 aliphatic rings. The van der Waals surface area contributed by atoms with Gasteiger partial charge in [-0.05, 0) is 267 Å². The van der Waals surface area contributed by atoms with Gasteiger partial charge in [0.15, 0.2) is 52.0 Å². The zero-order valence-electron chi connectivity index (χ0n) is 60.5. The van der Waals surface area contributed by atoms with E-state index in [4.69, 9.17) is 75.8 Å². The van der Waals surface area contributed by atoms with E-state index in [0.29, 0.717) is 85.5 Å². The van der Waals surface area contributed by atoms with E-state index in [1.54, 1.807) is 0 Å². The van der Waals surface area contributed by atoms with Gasteiger partial charge < -0.3 is 75.8 Å². The molecule has 7 saturated heterocycles. The minimum atomic E-state index is -0.496. The van der Waals surface area contributed by atoms with Gasteiger partial charge in [0.2, 0.25) is 5.79 Å². The summed E-state index contributed by atoms with van der Waals surface area (Å²) in [5.41, 5.74) is 0. The van der Waals surface area contributed by atoms with Crippen molar-refractivity contribution in [2.24, 2.45) is 35.5 Å². The van der Waals surface area contributed by atoms with Crippen LogP contribution >= 0.6 is 0 Å². The predicted molar refractivity (Wildman–Crippen MR) is 354 cm³/mol. The second-order valence-electron chi connectivity index (χ2n) is 34.6. The molecule has 20 rings (SSSR count). The van der Waals surface area contributed by atoms with E-state index >= 15 is 0 Å². The molecule has 0 radical (unpaired) electrons. The topological polar surface area (TPSA) is 148 Å². The number of hydrogen-bond acceptors (Lipinski definition) is 16. The van der Waals surface area contributed by atoms with Gasteiger partial charge in [0.1, 0.15) is 0 Å². The Kier molecular flexibility index (Phi) is 21.7. The first-order valence-electron chi connectivity index (χ1n) is 37.7. The van der Waals surface area contributed by atoms with Crippen molar-refractivity contribution in [3.05, 3.63) is 24.3 Å². The zero-order valence-corrected chi connectivity index (χ0v) is 60.5. The first kappa shape index (κ1) is 71.1. The Labute approximate surface area is 560 Å². The molecule has 93 heavy (non-hydrogen) atoms. The van der Waals surface area contributed by atoms with Crippen LogP contribution in [-0.4, -0.2) is 132 Å². The lowest BCUT2D eigenvalue weighted by atomic mass is 9.67. The predicted octanol–water partition coefficient (Wildman–Crippen LogP) is 17.1. The Morgan fingerprint density at radius 2 is 0.505 bits per heavy atom. The van der Waals surface area contributed by atoms with E-state index in [1.807, 2.05) is 121 Å². The smallest absolute Gasteiger partial charge is 0.246 e. The molecule has 8 aliphatic heterocycles. The molecule has 1 aromatic carbocycles. The Hall–Kier alpha value is -1.74. The summed E-state index contributed by atoms with van der Waals surface area (Å²) in [5.74, 6) is 3.99. The fraction of sp³-hybridized carbons (Fsp3) is 0.922. The van der Waals surface area contributed by atoms with Crippen molar-refractivity contribution in [1.29, 1.82) is 0 Å². The number of hydrogen-bond donors (Lipinski definition) is 0. The number of para-hydroxylation sites is 2. The van der Waals surface area contributed by atoms with Gasteiger partial charge in [0.05, 0.1) is 85.5 Å². The van der Waals surface area contributed by atoms with E-state index in [1.165, 1.54) is 161 Å². The molecular formula is C77H126O16. The average Bonchev–Trinajstić information content (AvgIpc) is 1.63. The maximum Gasteiger partial charge on any atom is 0.246 e. The molecule has 11 saturated carbocycles. The quantitative estimate of drug-likeness (QED) is 0.242. The normalized spacial score (nSPS) is 43.7. The summed E-state index contributed by atoms with van der Waals surface area (Å²) in [6.07, 6.45) is 40.7. The van der Waals surface area contributed by atoms with Gasteiger partial charge in [-0.25, -0.2) is 0 Å². The Bertz CT molecular complexity index is 2420. The summed E-state index contributed by atoms with van der Waals surface area (Å²) in [7, 11) is 0. The van der Waals surface area contributed by atoms with Crippen LogP contribution in [0.25, 0.3) is 0 Å². The van der Waals surface area contributed by atoms with Crippen molar-refractivity contribution < 1.29 is 75.8 Å². The van der Waals surface area contributed by atoms with Crippen molar-refractivity contribution >= 4 is 0 Å². The Balaban J connectivity index is 0.000000103. The van der Waals surface area contributed by atoms with Crippen LogP contribution in [0.4, 0.5) is 0 Å². The van der Waals surface area contributed by atoms with Crippen molar-refractivity contribution in [3.63, 3.8) is 0 Å². The zero-order chi connectivity index (χ0) is 65.9. The fourth-order valence-corrected chi connectivity index (χ4v) is 19.6. The lowest BCUT2D eigenvalue weighted by Crippen LogP contribution is -2.46. The van der Waals surface area contributed by atoms with Gasteiger partial charge in [-0.1, -0.05) is 50.7 Å². The summed E-state index contributed by atoms with van der Waals surface area (Å²) in [5, 5.41) is 0. The molecule has 11 aliphatic carbocycles. The molecule has 0 N–H and O–H groups in total. The maximum absolute atomic E-state index is 5.98. The van der Waals surface area contributed by atoms with Gasteiger partial charge in [-0.3, -0.25) is 0 Å². The van der Waals surface area contributed by atoms with Crippen LogP contribution < -0.4 is 9.47 Å². The van der Waals surface area contributed by atoms with Crippen molar-refractivity contribution in [2.45, 2.75) is 416 Å². The monoisotopic (exact) mass is 1310 g/mol. The molecule has 1 aromatic rings. The Morgan fingerprint density at radius 1 is 0.226 bits per heavy atom. The summed E-state index contributed by atoms with van der Waals surface area (Å²) < 4.78 is 92.1. The first-order chi connectivity index (χ1) is 43.8. The van der Waals surface area contributed by atoms with E-state index < -0.39 is 5.79 Å². The third kappa shape index (κ3) is 18.4. The standard InChI is InChI=1S/C13H22O2.C11H18O2.C10H16O2.2C9H16O2.C9H10O2.2C8H14O2/c1-13(2)14-11-7-9-5-3-4-6-10(9)8-12(11)15-13;1-11(2)12-9-7-3-4-8(6-5-7)10(9)13-11;1-10(2)11-8-6-3-4-7(5-6)9(8)12-10;1-9(2)10-7-4-3-5-8(6-7)11-9;2*1-9(2)10-7-5-3-4-6-8(7)11-9;1-8(2)9-6-3-4-7(5-6)10-8;1-8(2)9-6-4-3-5-7(6)10-8/h9-12H,3-8H2,1-2H3;7-10H,3-6H2,1-2H3;6-9H,3-5H2,1-2H3;2*7-8H,3-6H2,1-2H3;3-6H,1-2H3;2*6-7H,3-5H2,1-2H3. The number of rotatable bonds is 0. The van der Waals surface area contributed by atoms with Gasteiger partial charge in [-0.15, -0.1) is 0 Å². The average molecular weight is 1310 g/mol. The number of benzene rings is 1. The molecule has 18 unspecified atom stereocenters. The van der Waals surface area contributed by atoms with Gasteiger partial charge in [0.25, 0.3) is 0 Å². The van der Waals surface area contributed by atoms with Crippen LogP contribution in [-0.2, 0) is 66.3 Å². The van der Waals surface area contributed by atoms with E-state index in [9.17, 15) is 0 Å². The van der Waals surface area contributed by atoms with Gasteiger partial charge >= 0.3 is 0 Å². The molecule has 18 fully saturated rings. The van der Waals surface area contributed by atoms with E-state index in [0.717, 1.165) is 59.8 Å². The van der Waals surface area contributed by atoms with Crippen molar-refractivity contribution in [1.82, 2.24) is 0 Å². The fourth-order valence-electron chi connectivity index (χ4n) is 19.6. The maximum atomic E-state index is 5.98. The molecule has 0 spiro atoms. The third-order valence-electron chi connectivity index (χ3n) is 23.0. The van der Waals surface area contributed by atoms with E-state index in [2.05, 4.69) is 13.8 Å². The second-order valence-corrected chi connectivity index (χ2v) is 34.6.